The molecule has 0 spiro atoms. The predicted molar refractivity (Wildman–Crippen MR) is 129 cm³/mol. The second kappa shape index (κ2) is 9.47. The van der Waals surface area contributed by atoms with Crippen molar-refractivity contribution in [1.29, 1.82) is 0 Å². The molecule has 0 saturated carbocycles. The lowest BCUT2D eigenvalue weighted by molar-refractivity contribution is 0.0602. The fraction of sp³-hybridized carbons (Fsp3) is 0.192. The highest BCUT2D eigenvalue weighted by atomic mass is 16.7. The third-order valence-electron chi connectivity index (χ3n) is 5.79. The van der Waals surface area contributed by atoms with E-state index in [0.717, 1.165) is 22.3 Å². The molecule has 5 rings (SSSR count). The molecule has 1 unspecified atom stereocenters. The van der Waals surface area contributed by atoms with Crippen molar-refractivity contribution in [2.24, 2.45) is 0 Å². The maximum Gasteiger partial charge on any atom is 0.427 e. The van der Waals surface area contributed by atoms with Crippen LogP contribution in [0.1, 0.15) is 34.6 Å². The van der Waals surface area contributed by atoms with Gasteiger partial charge >= 0.3 is 12.1 Å². The summed E-state index contributed by atoms with van der Waals surface area (Å²) in [4.78, 5) is 33.8. The number of para-hydroxylation sites is 1. The highest BCUT2D eigenvalue weighted by Crippen LogP contribution is 2.32. The number of hydroxylamine groups is 1. The Kier molecular flexibility index (Phi) is 6.07. The van der Waals surface area contributed by atoms with Gasteiger partial charge in [-0.2, -0.15) is 4.98 Å². The summed E-state index contributed by atoms with van der Waals surface area (Å²) in [5, 5.41) is 2.78. The minimum Gasteiger partial charge on any atom is -0.465 e. The van der Waals surface area contributed by atoms with Gasteiger partial charge in [0.25, 0.3) is 6.01 Å². The summed E-state index contributed by atoms with van der Waals surface area (Å²) < 4.78 is 12.7. The van der Waals surface area contributed by atoms with E-state index in [-0.39, 0.29) is 0 Å². The largest absolute Gasteiger partial charge is 0.465 e. The Balaban J connectivity index is 1.62. The zero-order valence-electron chi connectivity index (χ0n) is 19.3. The average molecular weight is 473 g/mol. The van der Waals surface area contributed by atoms with Crippen molar-refractivity contribution in [3.05, 3.63) is 83.4 Å². The molecule has 0 radical (unpaired) electrons. The molecule has 35 heavy (non-hydrogen) atoms. The van der Waals surface area contributed by atoms with Gasteiger partial charge in [-0.3, -0.25) is 9.88 Å². The molecule has 1 aromatic heterocycles. The zero-order valence-corrected chi connectivity index (χ0v) is 19.3. The lowest BCUT2D eigenvalue weighted by Crippen LogP contribution is -2.23. The van der Waals surface area contributed by atoms with Crippen LogP contribution in [0.3, 0.4) is 0 Å². The van der Waals surface area contributed by atoms with Gasteiger partial charge in [-0.25, -0.2) is 9.59 Å². The molecular weight excluding hydrogens is 448 g/mol. The van der Waals surface area contributed by atoms with Crippen molar-refractivity contribution in [2.45, 2.75) is 19.6 Å². The molecule has 1 fully saturated rings. The molecule has 9 nitrogen and oxygen atoms in total. The van der Waals surface area contributed by atoms with E-state index in [4.69, 9.17) is 14.3 Å². The second-order valence-electron chi connectivity index (χ2n) is 7.95. The first-order valence-electron chi connectivity index (χ1n) is 11.2. The molecule has 2 heterocycles. The van der Waals surface area contributed by atoms with Crippen LogP contribution in [0.2, 0.25) is 0 Å². The van der Waals surface area contributed by atoms with Gasteiger partial charge in [0.05, 0.1) is 36.9 Å². The van der Waals surface area contributed by atoms with Crippen LogP contribution >= 0.6 is 0 Å². The second-order valence-corrected chi connectivity index (χ2v) is 7.95. The smallest absolute Gasteiger partial charge is 0.427 e. The summed E-state index contributed by atoms with van der Waals surface area (Å²) >= 11 is 0. The summed E-state index contributed by atoms with van der Waals surface area (Å²) in [6, 6.07) is 21.6. The van der Waals surface area contributed by atoms with Gasteiger partial charge in [0.1, 0.15) is 6.17 Å². The van der Waals surface area contributed by atoms with Gasteiger partial charge in [0, 0.05) is 5.56 Å². The maximum atomic E-state index is 12.5. The molecule has 4 aromatic rings. The van der Waals surface area contributed by atoms with Gasteiger partial charge < -0.3 is 14.3 Å². The Labute approximate surface area is 201 Å². The number of fused-ring (bicyclic) bond motifs is 1. The van der Waals surface area contributed by atoms with Crippen LogP contribution in [0.25, 0.3) is 22.2 Å². The Morgan fingerprint density at radius 2 is 1.94 bits per heavy atom. The number of esters is 1. The normalized spacial score (nSPS) is 15.0. The van der Waals surface area contributed by atoms with Crippen molar-refractivity contribution >= 4 is 23.1 Å². The maximum absolute atomic E-state index is 12.5. The zero-order chi connectivity index (χ0) is 24.4. The van der Waals surface area contributed by atoms with Gasteiger partial charge in [-0.15, -0.1) is 5.48 Å². The molecule has 1 aliphatic heterocycles. The molecule has 0 aliphatic carbocycles. The molecular formula is C26H24N4O5. The number of hydrogen-bond acceptors (Lipinski definition) is 7. The Morgan fingerprint density at radius 1 is 1.11 bits per heavy atom. The molecule has 178 valence electrons. The fourth-order valence-corrected chi connectivity index (χ4v) is 4.27. The minimum atomic E-state index is -0.540. The third-order valence-corrected chi connectivity index (χ3v) is 5.79. The van der Waals surface area contributed by atoms with E-state index < -0.39 is 18.2 Å². The van der Waals surface area contributed by atoms with Gasteiger partial charge in [-0.1, -0.05) is 48.5 Å². The van der Waals surface area contributed by atoms with Crippen molar-refractivity contribution < 1.29 is 23.9 Å². The van der Waals surface area contributed by atoms with Crippen molar-refractivity contribution in [3.8, 4) is 17.1 Å². The molecule has 1 amide bonds. The summed E-state index contributed by atoms with van der Waals surface area (Å²) in [6.07, 6.45) is -1.06. The van der Waals surface area contributed by atoms with Gasteiger partial charge in [-0.05, 0) is 41.8 Å². The summed E-state index contributed by atoms with van der Waals surface area (Å²) in [7, 11) is 1.35. The first-order chi connectivity index (χ1) is 17.1. The Bertz CT molecular complexity index is 1400. The number of benzene rings is 3. The number of amides is 1. The van der Waals surface area contributed by atoms with Crippen LogP contribution in [0.5, 0.6) is 6.01 Å². The fourth-order valence-electron chi connectivity index (χ4n) is 4.27. The molecule has 0 bridgehead atoms. The monoisotopic (exact) mass is 472 g/mol. The van der Waals surface area contributed by atoms with E-state index in [2.05, 4.69) is 15.8 Å². The summed E-state index contributed by atoms with van der Waals surface area (Å²) in [5.74, 6) is -0.449. The minimum absolute atomic E-state index is 0.378. The summed E-state index contributed by atoms with van der Waals surface area (Å²) in [5.41, 5.74) is 8.14. The molecule has 1 saturated heterocycles. The van der Waals surface area contributed by atoms with Crippen LogP contribution < -0.4 is 15.5 Å². The van der Waals surface area contributed by atoms with E-state index in [1.807, 2.05) is 66.1 Å². The number of rotatable bonds is 7. The first-order valence-corrected chi connectivity index (χ1v) is 11.2. The number of aromatic nitrogens is 2. The standard InChI is InChI=1S/C26H24N4O5/c1-3-34-25-27-21-11-7-10-19(24(31)33-2)22(21)30(25)15-16-12-13-18(17-8-5-4-6-9-17)20(14-16)23-28-26(32)35-29-23/h4-14,23,29H,3,15H2,1-2H3,(H,28,32). The number of ether oxygens (including phenoxy) is 2. The van der Waals surface area contributed by atoms with E-state index in [9.17, 15) is 9.59 Å². The van der Waals surface area contributed by atoms with Crippen molar-refractivity contribution in [2.75, 3.05) is 13.7 Å². The number of hydrogen-bond donors (Lipinski definition) is 2. The lowest BCUT2D eigenvalue weighted by atomic mass is 9.95. The molecule has 1 atom stereocenters. The van der Waals surface area contributed by atoms with E-state index in [0.29, 0.717) is 35.8 Å². The number of imidazole rings is 1. The highest BCUT2D eigenvalue weighted by molar-refractivity contribution is 6.02. The van der Waals surface area contributed by atoms with Crippen LogP contribution in [0.4, 0.5) is 4.79 Å². The Hall–Kier alpha value is -4.37. The topological polar surface area (TPSA) is 104 Å². The van der Waals surface area contributed by atoms with Crippen molar-refractivity contribution in [3.63, 3.8) is 0 Å². The first kappa shape index (κ1) is 22.4. The molecule has 2 N–H and O–H groups in total. The molecule has 3 aromatic carbocycles. The molecule has 1 aliphatic rings. The quantitative estimate of drug-likeness (QED) is 0.389. The SMILES string of the molecule is CCOc1nc2cccc(C(=O)OC)c2n1Cc1ccc(-c2ccccc2)c(C2NOC(=O)N2)c1. The van der Waals surface area contributed by atoms with E-state index >= 15 is 0 Å². The number of carbonyl (C=O) groups is 2. The summed E-state index contributed by atoms with van der Waals surface area (Å²) in [6.45, 7) is 2.68. The number of carbonyl (C=O) groups excluding carboxylic acids is 2. The van der Waals surface area contributed by atoms with E-state index in [1.54, 1.807) is 12.1 Å². The van der Waals surface area contributed by atoms with Crippen LogP contribution in [-0.4, -0.2) is 35.3 Å². The number of nitrogens with one attached hydrogen (secondary N) is 2. The Morgan fingerprint density at radius 3 is 2.66 bits per heavy atom. The number of nitrogens with zero attached hydrogens (tertiary/aromatic N) is 2. The number of methoxy groups -OCH3 is 1. The van der Waals surface area contributed by atoms with Crippen molar-refractivity contribution in [1.82, 2.24) is 20.3 Å². The van der Waals surface area contributed by atoms with Gasteiger partial charge in [0.2, 0.25) is 0 Å². The highest BCUT2D eigenvalue weighted by Gasteiger charge is 2.27. The third kappa shape index (κ3) is 4.29. The van der Waals surface area contributed by atoms with Crippen LogP contribution in [-0.2, 0) is 16.1 Å². The van der Waals surface area contributed by atoms with E-state index in [1.165, 1.54) is 7.11 Å². The lowest BCUT2D eigenvalue weighted by Gasteiger charge is -2.17. The average Bonchev–Trinajstić information content (AvgIpc) is 3.47. The molecule has 9 heteroatoms. The van der Waals surface area contributed by atoms with Gasteiger partial charge in [0.15, 0.2) is 0 Å². The van der Waals surface area contributed by atoms with Crippen LogP contribution in [0, 0.1) is 0 Å². The van der Waals surface area contributed by atoms with Crippen LogP contribution in [0.15, 0.2) is 66.7 Å². The predicted octanol–water partition coefficient (Wildman–Crippen LogP) is 4.18.